The van der Waals surface area contributed by atoms with Crippen LogP contribution < -0.4 is 10.9 Å². The van der Waals surface area contributed by atoms with Crippen LogP contribution in [0.3, 0.4) is 0 Å². The second kappa shape index (κ2) is 12.2. The minimum absolute atomic E-state index is 0.00132. The number of rotatable bonds is 10. The molecule has 0 radical (unpaired) electrons. The molecule has 2 heterocycles. The highest BCUT2D eigenvalue weighted by Gasteiger charge is 2.14. The molecule has 1 N–H and O–H groups in total. The molecule has 174 valence electrons. The number of carbonyl (C=O) groups is 1. The molecule has 1 saturated heterocycles. The maximum atomic E-state index is 12.9. The molecule has 1 aromatic carbocycles. The summed E-state index contributed by atoms with van der Waals surface area (Å²) in [6.45, 7) is 8.90. The van der Waals surface area contributed by atoms with Gasteiger partial charge >= 0.3 is 0 Å². The topological polar surface area (TPSA) is 76.5 Å². The number of aryl methyl sites for hydroxylation is 2. The normalized spacial score (nSPS) is 14.5. The molecule has 1 aromatic heterocycles. The Balaban J connectivity index is 1.44. The monoisotopic (exact) mass is 458 g/mol. The van der Waals surface area contributed by atoms with Crippen molar-refractivity contribution in [2.45, 2.75) is 38.3 Å². The smallest absolute Gasteiger partial charge is 0.257 e. The number of amides is 1. The Morgan fingerprint density at radius 1 is 1.19 bits per heavy atom. The zero-order chi connectivity index (χ0) is 22.9. The third kappa shape index (κ3) is 7.18. The fourth-order valence-electron chi connectivity index (χ4n) is 3.64. The van der Waals surface area contributed by atoms with Crippen LogP contribution in [0, 0.1) is 13.8 Å². The zero-order valence-corrected chi connectivity index (χ0v) is 20.2. The van der Waals surface area contributed by atoms with E-state index >= 15 is 0 Å². The van der Waals surface area contributed by atoms with E-state index in [2.05, 4.69) is 46.4 Å². The first-order valence-corrected chi connectivity index (χ1v) is 12.2. The fraction of sp³-hybridized carbons (Fsp3) is 0.542. The predicted octanol–water partition coefficient (Wildman–Crippen LogP) is 2.31. The number of thioether (sulfide) groups is 1. The molecule has 8 heteroatoms. The maximum absolute atomic E-state index is 12.9. The van der Waals surface area contributed by atoms with Crippen LogP contribution in [0.5, 0.6) is 0 Å². The van der Waals surface area contributed by atoms with Crippen LogP contribution >= 0.6 is 11.8 Å². The molecular formula is C24H34N4O3S. The van der Waals surface area contributed by atoms with Crippen LogP contribution in [-0.2, 0) is 23.0 Å². The van der Waals surface area contributed by atoms with E-state index in [9.17, 15) is 9.59 Å². The van der Waals surface area contributed by atoms with Crippen molar-refractivity contribution in [1.82, 2.24) is 19.8 Å². The van der Waals surface area contributed by atoms with E-state index in [1.165, 1.54) is 17.3 Å². The molecule has 0 aliphatic carbocycles. The number of hydrogen-bond donors (Lipinski definition) is 1. The first kappa shape index (κ1) is 24.5. The van der Waals surface area contributed by atoms with Gasteiger partial charge in [-0.2, -0.15) is 0 Å². The Morgan fingerprint density at radius 3 is 2.62 bits per heavy atom. The lowest BCUT2D eigenvalue weighted by molar-refractivity contribution is -0.121. The average molecular weight is 459 g/mol. The van der Waals surface area contributed by atoms with Crippen LogP contribution in [0.2, 0.25) is 0 Å². The first-order chi connectivity index (χ1) is 15.4. The minimum atomic E-state index is 0.00132. The van der Waals surface area contributed by atoms with Gasteiger partial charge in [-0.25, -0.2) is 4.98 Å². The molecule has 0 unspecified atom stereocenters. The Bertz CT molecular complexity index is 953. The van der Waals surface area contributed by atoms with Gasteiger partial charge in [-0.3, -0.25) is 19.1 Å². The predicted molar refractivity (Wildman–Crippen MR) is 128 cm³/mol. The van der Waals surface area contributed by atoms with Crippen molar-refractivity contribution in [2.75, 3.05) is 45.1 Å². The van der Waals surface area contributed by atoms with Gasteiger partial charge in [0.1, 0.15) is 0 Å². The van der Waals surface area contributed by atoms with Gasteiger partial charge < -0.3 is 10.1 Å². The van der Waals surface area contributed by atoms with Gasteiger partial charge in [-0.05, 0) is 25.8 Å². The molecule has 0 atom stereocenters. The summed E-state index contributed by atoms with van der Waals surface area (Å²) in [5.74, 6) is 0.818. The lowest BCUT2D eigenvalue weighted by atomic mass is 10.0. The SMILES string of the molecule is Cc1ccc(Cc2c(C)nc(SCCCC(=O)NCCN3CCOCC3)n(C)c2=O)cc1. The highest BCUT2D eigenvalue weighted by molar-refractivity contribution is 7.99. The van der Waals surface area contributed by atoms with Gasteiger partial charge in [0.05, 0.1) is 13.2 Å². The quantitative estimate of drug-likeness (QED) is 0.335. The van der Waals surface area contributed by atoms with Gasteiger partial charge in [0, 0.05) is 63.1 Å². The summed E-state index contributed by atoms with van der Waals surface area (Å²) >= 11 is 1.53. The van der Waals surface area contributed by atoms with Gasteiger partial charge in [0.15, 0.2) is 5.16 Å². The van der Waals surface area contributed by atoms with Gasteiger partial charge in [-0.1, -0.05) is 41.6 Å². The van der Waals surface area contributed by atoms with Crippen LogP contribution in [0.15, 0.2) is 34.2 Å². The van der Waals surface area contributed by atoms with Crippen molar-refractivity contribution in [3.05, 3.63) is 57.0 Å². The molecular weight excluding hydrogens is 424 g/mol. The maximum Gasteiger partial charge on any atom is 0.257 e. The van der Waals surface area contributed by atoms with E-state index in [0.29, 0.717) is 24.5 Å². The Labute approximate surface area is 194 Å². The van der Waals surface area contributed by atoms with Crippen LogP contribution in [0.4, 0.5) is 0 Å². The summed E-state index contributed by atoms with van der Waals surface area (Å²) < 4.78 is 6.96. The number of aromatic nitrogens is 2. The zero-order valence-electron chi connectivity index (χ0n) is 19.4. The van der Waals surface area contributed by atoms with Crippen molar-refractivity contribution < 1.29 is 9.53 Å². The second-order valence-corrected chi connectivity index (χ2v) is 9.30. The molecule has 1 aliphatic heterocycles. The molecule has 0 spiro atoms. The van der Waals surface area contributed by atoms with Gasteiger partial charge in [-0.15, -0.1) is 0 Å². The van der Waals surface area contributed by atoms with E-state index in [1.807, 2.05) is 6.92 Å². The molecule has 2 aromatic rings. The summed E-state index contributed by atoms with van der Waals surface area (Å²) in [5.41, 5.74) is 3.82. The third-order valence-electron chi connectivity index (χ3n) is 5.68. The van der Waals surface area contributed by atoms with Crippen LogP contribution in [-0.4, -0.2) is 65.5 Å². The Hall–Kier alpha value is -2.16. The lowest BCUT2D eigenvalue weighted by Gasteiger charge is -2.26. The molecule has 0 bridgehead atoms. The summed E-state index contributed by atoms with van der Waals surface area (Å²) in [6, 6.07) is 8.24. The van der Waals surface area contributed by atoms with Crippen LogP contribution in [0.25, 0.3) is 0 Å². The highest BCUT2D eigenvalue weighted by Crippen LogP contribution is 2.18. The lowest BCUT2D eigenvalue weighted by Crippen LogP contribution is -2.41. The molecule has 1 amide bonds. The summed E-state index contributed by atoms with van der Waals surface area (Å²) in [4.78, 5) is 32.0. The minimum Gasteiger partial charge on any atom is -0.379 e. The van der Waals surface area contributed by atoms with Gasteiger partial charge in [0.25, 0.3) is 5.56 Å². The number of hydrogen-bond acceptors (Lipinski definition) is 6. The molecule has 0 saturated carbocycles. The number of benzene rings is 1. The van der Waals surface area contributed by atoms with Crippen molar-refractivity contribution in [1.29, 1.82) is 0 Å². The third-order valence-corrected chi connectivity index (χ3v) is 6.80. The number of nitrogens with one attached hydrogen (secondary N) is 1. The Morgan fingerprint density at radius 2 is 1.91 bits per heavy atom. The van der Waals surface area contributed by atoms with Gasteiger partial charge in [0.2, 0.25) is 5.91 Å². The average Bonchev–Trinajstić information content (AvgIpc) is 2.79. The van der Waals surface area contributed by atoms with Crippen LogP contribution in [0.1, 0.15) is 35.2 Å². The second-order valence-electron chi connectivity index (χ2n) is 8.24. The number of carbonyl (C=O) groups excluding carboxylic acids is 1. The van der Waals surface area contributed by atoms with Crippen molar-refractivity contribution in [2.24, 2.45) is 7.05 Å². The summed E-state index contributed by atoms with van der Waals surface area (Å²) in [7, 11) is 1.77. The van der Waals surface area contributed by atoms with E-state index in [0.717, 1.165) is 61.8 Å². The van der Waals surface area contributed by atoms with Crippen molar-refractivity contribution in [3.63, 3.8) is 0 Å². The molecule has 32 heavy (non-hydrogen) atoms. The number of ether oxygens (including phenoxy) is 1. The standard InChI is InChI=1S/C24H34N4O3S/c1-18-6-8-20(9-7-18)17-21-19(2)26-24(27(3)23(21)30)32-16-4-5-22(29)25-10-11-28-12-14-31-15-13-28/h6-9H,4-5,10-17H2,1-3H3,(H,25,29). The van der Waals surface area contributed by atoms with E-state index in [1.54, 1.807) is 11.6 Å². The highest BCUT2D eigenvalue weighted by atomic mass is 32.2. The van der Waals surface area contributed by atoms with E-state index < -0.39 is 0 Å². The van der Waals surface area contributed by atoms with Crippen molar-refractivity contribution >= 4 is 17.7 Å². The number of morpholine rings is 1. The number of nitrogens with zero attached hydrogens (tertiary/aromatic N) is 3. The largest absolute Gasteiger partial charge is 0.379 e. The fourth-order valence-corrected chi connectivity index (χ4v) is 4.58. The molecule has 3 rings (SSSR count). The molecule has 7 nitrogen and oxygen atoms in total. The Kier molecular flexibility index (Phi) is 9.32. The van der Waals surface area contributed by atoms with Crippen molar-refractivity contribution in [3.8, 4) is 0 Å². The molecule has 1 aliphatic rings. The van der Waals surface area contributed by atoms with E-state index in [4.69, 9.17) is 4.74 Å². The van der Waals surface area contributed by atoms with E-state index in [-0.39, 0.29) is 11.5 Å². The summed E-state index contributed by atoms with van der Waals surface area (Å²) in [5, 5.41) is 3.69. The molecule has 1 fully saturated rings. The summed E-state index contributed by atoms with van der Waals surface area (Å²) in [6.07, 6.45) is 1.81. The first-order valence-electron chi connectivity index (χ1n) is 11.3.